The number of sulfone groups is 1. The van der Waals surface area contributed by atoms with E-state index in [4.69, 9.17) is 5.21 Å². The molecule has 1 amide bonds. The average Bonchev–Trinajstić information content (AvgIpc) is 3.30. The molecule has 0 aliphatic rings. The summed E-state index contributed by atoms with van der Waals surface area (Å²) in [5.74, 6) is -0.954. The maximum atomic E-state index is 12.0. The van der Waals surface area contributed by atoms with Crippen LogP contribution in [-0.4, -0.2) is 45.3 Å². The number of amides is 1. The smallest absolute Gasteiger partial charge is 0.264 e. The number of hydrogen-bond donors (Lipinski definition) is 2. The second-order valence-corrected chi connectivity index (χ2v) is 10.4. The van der Waals surface area contributed by atoms with E-state index >= 15 is 0 Å². The molecule has 2 N–H and O–H groups in total. The van der Waals surface area contributed by atoms with Gasteiger partial charge in [-0.1, -0.05) is 13.0 Å². The molecule has 3 aromatic rings. The molecule has 2 aromatic heterocycles. The van der Waals surface area contributed by atoms with Crippen molar-refractivity contribution >= 4 is 37.3 Å². The van der Waals surface area contributed by atoms with E-state index < -0.39 is 20.5 Å². The van der Waals surface area contributed by atoms with Gasteiger partial charge in [-0.15, -0.1) is 11.3 Å². The van der Waals surface area contributed by atoms with Crippen molar-refractivity contribution in [3.8, 4) is 11.1 Å². The molecule has 0 bridgehead atoms. The normalized spacial score (nSPS) is 14.1. The van der Waals surface area contributed by atoms with Gasteiger partial charge in [0.15, 0.2) is 14.6 Å². The van der Waals surface area contributed by atoms with Gasteiger partial charge >= 0.3 is 0 Å². The van der Waals surface area contributed by atoms with Crippen molar-refractivity contribution in [3.63, 3.8) is 0 Å². The average molecular weight is 423 g/mol. The number of rotatable bonds is 7. The summed E-state index contributed by atoms with van der Waals surface area (Å²) in [4.78, 5) is 16.5. The fourth-order valence-corrected chi connectivity index (χ4v) is 4.64. The summed E-state index contributed by atoms with van der Waals surface area (Å²) in [5.41, 5.74) is 4.30. The Morgan fingerprint density at radius 1 is 1.36 bits per heavy atom. The SMILES string of the molecule is CCc1nc2ccc(-c3cnn(CCC(C)(C(=O)NO)S(C)(=O)=O)c3)cc2s1. The van der Waals surface area contributed by atoms with Gasteiger partial charge in [-0.05, 0) is 37.5 Å². The number of nitrogens with one attached hydrogen (secondary N) is 1. The molecular formula is C18H22N4O4S2. The van der Waals surface area contributed by atoms with Crippen molar-refractivity contribution in [1.29, 1.82) is 0 Å². The Labute approximate surface area is 167 Å². The molecule has 0 saturated carbocycles. The number of hydroxylamine groups is 1. The van der Waals surface area contributed by atoms with Crippen molar-refractivity contribution in [2.45, 2.75) is 38.0 Å². The zero-order valence-corrected chi connectivity index (χ0v) is 17.5. The lowest BCUT2D eigenvalue weighted by Crippen LogP contribution is -2.49. The summed E-state index contributed by atoms with van der Waals surface area (Å²) < 4.78 is 25.0. The van der Waals surface area contributed by atoms with Gasteiger partial charge in [0.25, 0.3) is 5.91 Å². The molecule has 1 unspecified atom stereocenters. The number of aromatic nitrogens is 3. The van der Waals surface area contributed by atoms with Crippen LogP contribution in [0.1, 0.15) is 25.3 Å². The third-order valence-corrected chi connectivity index (χ3v) is 8.11. The minimum atomic E-state index is -3.73. The van der Waals surface area contributed by atoms with Gasteiger partial charge in [0.1, 0.15) is 0 Å². The van der Waals surface area contributed by atoms with Gasteiger partial charge < -0.3 is 0 Å². The number of aryl methyl sites for hydroxylation is 2. The molecule has 2 heterocycles. The molecule has 1 atom stereocenters. The van der Waals surface area contributed by atoms with Crippen LogP contribution in [0.5, 0.6) is 0 Å². The summed E-state index contributed by atoms with van der Waals surface area (Å²) >= 11 is 1.66. The predicted molar refractivity (Wildman–Crippen MR) is 108 cm³/mol. The van der Waals surface area contributed by atoms with Gasteiger partial charge in [0.05, 0.1) is 21.4 Å². The minimum Gasteiger partial charge on any atom is -0.289 e. The van der Waals surface area contributed by atoms with Crippen LogP contribution in [-0.2, 0) is 27.6 Å². The molecule has 10 heteroatoms. The second kappa shape index (κ2) is 7.61. The number of thiazole rings is 1. The summed E-state index contributed by atoms with van der Waals surface area (Å²) in [7, 11) is -3.73. The number of benzene rings is 1. The van der Waals surface area contributed by atoms with Crippen molar-refractivity contribution in [2.75, 3.05) is 6.26 Å². The number of carbonyl (C=O) groups is 1. The molecule has 0 spiro atoms. The first-order valence-corrected chi connectivity index (χ1v) is 11.4. The van der Waals surface area contributed by atoms with E-state index in [0.29, 0.717) is 0 Å². The van der Waals surface area contributed by atoms with Crippen LogP contribution < -0.4 is 5.48 Å². The summed E-state index contributed by atoms with van der Waals surface area (Å²) in [5, 5.41) is 14.3. The Hall–Kier alpha value is -2.30. The monoisotopic (exact) mass is 422 g/mol. The van der Waals surface area contributed by atoms with Crippen molar-refractivity contribution in [1.82, 2.24) is 20.2 Å². The highest BCUT2D eigenvalue weighted by Gasteiger charge is 2.43. The molecule has 1 aromatic carbocycles. The molecule has 150 valence electrons. The van der Waals surface area contributed by atoms with Crippen LogP contribution >= 0.6 is 11.3 Å². The zero-order valence-electron chi connectivity index (χ0n) is 15.8. The molecule has 0 fully saturated rings. The summed E-state index contributed by atoms with van der Waals surface area (Å²) in [6.07, 6.45) is 5.36. The lowest BCUT2D eigenvalue weighted by atomic mass is 10.1. The van der Waals surface area contributed by atoms with Gasteiger partial charge in [-0.25, -0.2) is 18.9 Å². The Morgan fingerprint density at radius 2 is 2.11 bits per heavy atom. The summed E-state index contributed by atoms with van der Waals surface area (Å²) in [6.45, 7) is 3.57. The lowest BCUT2D eigenvalue weighted by molar-refractivity contribution is -0.131. The van der Waals surface area contributed by atoms with Crippen LogP contribution in [0.4, 0.5) is 0 Å². The predicted octanol–water partition coefficient (Wildman–Crippen LogP) is 2.42. The van der Waals surface area contributed by atoms with E-state index in [-0.39, 0.29) is 13.0 Å². The van der Waals surface area contributed by atoms with Gasteiger partial charge in [0.2, 0.25) is 0 Å². The molecular weight excluding hydrogens is 400 g/mol. The Balaban J connectivity index is 1.81. The highest BCUT2D eigenvalue weighted by Crippen LogP contribution is 2.29. The molecule has 8 nitrogen and oxygen atoms in total. The topological polar surface area (TPSA) is 114 Å². The Bertz CT molecular complexity index is 1120. The van der Waals surface area contributed by atoms with E-state index in [1.165, 1.54) is 12.4 Å². The van der Waals surface area contributed by atoms with Gasteiger partial charge in [0, 0.05) is 24.6 Å². The zero-order chi connectivity index (χ0) is 20.5. The van der Waals surface area contributed by atoms with Crippen LogP contribution in [0.3, 0.4) is 0 Å². The van der Waals surface area contributed by atoms with E-state index in [0.717, 1.165) is 39.0 Å². The highest BCUT2D eigenvalue weighted by molar-refractivity contribution is 7.92. The van der Waals surface area contributed by atoms with E-state index in [9.17, 15) is 13.2 Å². The quantitative estimate of drug-likeness (QED) is 0.446. The van der Waals surface area contributed by atoms with Crippen LogP contribution in [0.15, 0.2) is 30.6 Å². The minimum absolute atomic E-state index is 0.0207. The number of nitrogens with zero attached hydrogens (tertiary/aromatic N) is 3. The second-order valence-electron chi connectivity index (χ2n) is 6.83. The van der Waals surface area contributed by atoms with Crippen LogP contribution in [0, 0.1) is 0 Å². The summed E-state index contributed by atoms with van der Waals surface area (Å²) in [6, 6.07) is 6.01. The maximum Gasteiger partial charge on any atom is 0.264 e. The van der Waals surface area contributed by atoms with E-state index in [1.807, 2.05) is 18.3 Å². The van der Waals surface area contributed by atoms with E-state index in [1.54, 1.807) is 22.2 Å². The molecule has 0 aliphatic carbocycles. The Morgan fingerprint density at radius 3 is 2.75 bits per heavy atom. The molecule has 3 rings (SSSR count). The van der Waals surface area contributed by atoms with Crippen molar-refractivity contribution in [3.05, 3.63) is 35.6 Å². The van der Waals surface area contributed by atoms with Crippen LogP contribution in [0.25, 0.3) is 21.3 Å². The molecule has 0 saturated heterocycles. The third-order valence-electron chi connectivity index (χ3n) is 4.92. The molecule has 28 heavy (non-hydrogen) atoms. The first kappa shape index (κ1) is 20.4. The van der Waals surface area contributed by atoms with Gasteiger partial charge in [-0.3, -0.25) is 14.7 Å². The first-order chi connectivity index (χ1) is 13.2. The Kier molecular flexibility index (Phi) is 5.55. The van der Waals surface area contributed by atoms with Gasteiger partial charge in [-0.2, -0.15) is 5.10 Å². The molecule has 0 aliphatic heterocycles. The van der Waals surface area contributed by atoms with E-state index in [2.05, 4.69) is 23.1 Å². The maximum absolute atomic E-state index is 12.0. The number of fused-ring (bicyclic) bond motifs is 1. The number of hydrogen-bond acceptors (Lipinski definition) is 7. The largest absolute Gasteiger partial charge is 0.289 e. The number of carbonyl (C=O) groups excluding carboxylic acids is 1. The third kappa shape index (κ3) is 3.80. The van der Waals surface area contributed by atoms with Crippen molar-refractivity contribution in [2.24, 2.45) is 0 Å². The first-order valence-electron chi connectivity index (χ1n) is 8.74. The lowest BCUT2D eigenvalue weighted by Gasteiger charge is -2.24. The van der Waals surface area contributed by atoms with Crippen molar-refractivity contribution < 1.29 is 18.4 Å². The van der Waals surface area contributed by atoms with Crippen LogP contribution in [0.2, 0.25) is 0 Å². The fraction of sp³-hybridized carbons (Fsp3) is 0.389. The molecule has 0 radical (unpaired) electrons. The fourth-order valence-electron chi connectivity index (χ4n) is 2.85. The standard InChI is InChI=1S/C18H22N4O4S2/c1-4-16-20-14-6-5-12(9-15(14)27-16)13-10-19-22(11-13)8-7-18(2,17(23)21-24)28(3,25)26/h5-6,9-11,24H,4,7-8H2,1-3H3,(H,21,23). The highest BCUT2D eigenvalue weighted by atomic mass is 32.2.